The maximum Gasteiger partial charge on any atom is 0.307 e. The van der Waals surface area contributed by atoms with Gasteiger partial charge in [0, 0.05) is 23.5 Å². The van der Waals surface area contributed by atoms with Gasteiger partial charge in [-0.2, -0.15) is 0 Å². The van der Waals surface area contributed by atoms with E-state index in [1.54, 1.807) is 19.1 Å². The summed E-state index contributed by atoms with van der Waals surface area (Å²) in [6.45, 7) is 2.01. The van der Waals surface area contributed by atoms with E-state index < -0.39 is 17.0 Å². The number of esters is 1. The maximum atomic E-state index is 12.8. The molecular weight excluding hydrogens is 490 g/mol. The van der Waals surface area contributed by atoms with Crippen LogP contribution in [0.3, 0.4) is 0 Å². The molecule has 0 fully saturated rings. The zero-order chi connectivity index (χ0) is 24.5. The fourth-order valence-corrected chi connectivity index (χ4v) is 3.99. The molecule has 2 atom stereocenters. The number of amides is 1. The first-order valence-electron chi connectivity index (χ1n) is 10.7. The first-order chi connectivity index (χ1) is 16.3. The SMILES string of the molecule is CCOC(=O)C[C@@H](Cc1ccc(-c2cccc(Cl)c2)cc1)NC(=O)c1ccc(NS(C)=O)nc1.O. The van der Waals surface area contributed by atoms with Crippen molar-refractivity contribution in [2.75, 3.05) is 17.6 Å². The summed E-state index contributed by atoms with van der Waals surface area (Å²) in [5.74, 6) is -0.340. The van der Waals surface area contributed by atoms with Gasteiger partial charge >= 0.3 is 5.97 Å². The molecule has 8 nitrogen and oxygen atoms in total. The molecule has 3 aromatic rings. The number of ether oxygens (including phenoxy) is 1. The molecule has 186 valence electrons. The predicted molar refractivity (Wildman–Crippen MR) is 139 cm³/mol. The van der Waals surface area contributed by atoms with E-state index in [0.717, 1.165) is 16.7 Å². The molecule has 3 rings (SSSR count). The monoisotopic (exact) mass is 517 g/mol. The highest BCUT2D eigenvalue weighted by molar-refractivity contribution is 7.85. The molecule has 2 aromatic carbocycles. The molecule has 35 heavy (non-hydrogen) atoms. The Hall–Kier alpha value is -3.27. The number of rotatable bonds is 10. The lowest BCUT2D eigenvalue weighted by Crippen LogP contribution is -2.38. The van der Waals surface area contributed by atoms with Crippen molar-refractivity contribution in [1.82, 2.24) is 10.3 Å². The van der Waals surface area contributed by atoms with Crippen molar-refractivity contribution in [3.63, 3.8) is 0 Å². The Morgan fingerprint density at radius 3 is 2.43 bits per heavy atom. The van der Waals surface area contributed by atoms with Crippen LogP contribution in [-0.4, -0.2) is 45.5 Å². The van der Waals surface area contributed by atoms with Crippen LogP contribution in [0, 0.1) is 0 Å². The number of carbonyl (C=O) groups is 2. The molecule has 1 unspecified atom stereocenters. The highest BCUT2D eigenvalue weighted by Gasteiger charge is 2.19. The summed E-state index contributed by atoms with van der Waals surface area (Å²) < 4.78 is 19.0. The molecule has 0 saturated heterocycles. The normalized spacial score (nSPS) is 12.1. The largest absolute Gasteiger partial charge is 0.466 e. The summed E-state index contributed by atoms with van der Waals surface area (Å²) in [4.78, 5) is 29.0. The maximum absolute atomic E-state index is 12.8. The number of pyridine rings is 1. The molecule has 1 amide bonds. The Morgan fingerprint density at radius 2 is 1.83 bits per heavy atom. The summed E-state index contributed by atoms with van der Waals surface area (Å²) >= 11 is 6.09. The van der Waals surface area contributed by atoms with Crippen LogP contribution >= 0.6 is 11.6 Å². The second kappa shape index (κ2) is 13.6. The fraction of sp³-hybridized carbons (Fsp3) is 0.240. The molecule has 0 radical (unpaired) electrons. The van der Waals surface area contributed by atoms with Crippen LogP contribution < -0.4 is 10.0 Å². The van der Waals surface area contributed by atoms with E-state index in [4.69, 9.17) is 16.3 Å². The summed E-state index contributed by atoms with van der Waals surface area (Å²) in [6.07, 6.45) is 3.37. The predicted octanol–water partition coefficient (Wildman–Crippen LogP) is 3.58. The third-order valence-electron chi connectivity index (χ3n) is 4.92. The first-order valence-corrected chi connectivity index (χ1v) is 12.6. The number of nitrogens with zero attached hydrogens (tertiary/aromatic N) is 1. The molecule has 0 aliphatic carbocycles. The molecule has 10 heteroatoms. The van der Waals surface area contributed by atoms with Gasteiger partial charge in [-0.15, -0.1) is 0 Å². The Balaban J connectivity index is 0.00000432. The van der Waals surface area contributed by atoms with E-state index in [1.165, 1.54) is 12.5 Å². The minimum absolute atomic E-state index is 0. The van der Waals surface area contributed by atoms with Crippen molar-refractivity contribution in [2.45, 2.75) is 25.8 Å². The lowest BCUT2D eigenvalue weighted by atomic mass is 9.99. The van der Waals surface area contributed by atoms with Gasteiger partial charge in [0.2, 0.25) is 0 Å². The van der Waals surface area contributed by atoms with E-state index in [2.05, 4.69) is 15.0 Å². The zero-order valence-corrected chi connectivity index (χ0v) is 21.0. The molecule has 0 saturated carbocycles. The van der Waals surface area contributed by atoms with Crippen molar-refractivity contribution in [3.8, 4) is 11.1 Å². The van der Waals surface area contributed by atoms with E-state index in [9.17, 15) is 13.8 Å². The van der Waals surface area contributed by atoms with Gasteiger partial charge in [0.25, 0.3) is 5.91 Å². The summed E-state index contributed by atoms with van der Waals surface area (Å²) in [5, 5.41) is 3.57. The minimum Gasteiger partial charge on any atom is -0.466 e. The van der Waals surface area contributed by atoms with Crippen molar-refractivity contribution < 1.29 is 24.0 Å². The van der Waals surface area contributed by atoms with E-state index >= 15 is 0 Å². The highest BCUT2D eigenvalue weighted by atomic mass is 35.5. The van der Waals surface area contributed by atoms with Gasteiger partial charge in [-0.05, 0) is 54.3 Å². The molecule has 0 spiro atoms. The third-order valence-corrected chi connectivity index (χ3v) is 5.65. The first kappa shape index (κ1) is 28.0. The van der Waals surface area contributed by atoms with Crippen LogP contribution in [-0.2, 0) is 26.9 Å². The average molecular weight is 518 g/mol. The number of aromatic nitrogens is 1. The van der Waals surface area contributed by atoms with Crippen molar-refractivity contribution in [1.29, 1.82) is 0 Å². The molecule has 0 bridgehead atoms. The van der Waals surface area contributed by atoms with Crippen LogP contribution in [0.15, 0.2) is 66.9 Å². The van der Waals surface area contributed by atoms with E-state index in [-0.39, 0.29) is 30.4 Å². The number of carbonyl (C=O) groups excluding carboxylic acids is 2. The number of anilines is 1. The van der Waals surface area contributed by atoms with Gasteiger partial charge in [0.05, 0.1) is 18.6 Å². The standard InChI is InChI=1S/C25H26ClN3O4S.H2O/c1-3-33-24(30)15-22(28-25(31)20-11-12-23(27-16-20)29-34(2)32)13-17-7-9-18(10-8-17)19-5-4-6-21(26)14-19;/h4-12,14,16,22H,3,13,15H2,1-2H3,(H,27,29)(H,28,31);1H2/t22-,34?;/m1./s1. The Morgan fingerprint density at radius 1 is 1.09 bits per heavy atom. The Kier molecular flexibility index (Phi) is 10.8. The second-order valence-corrected chi connectivity index (χ2v) is 9.13. The van der Waals surface area contributed by atoms with Crippen molar-refractivity contribution in [2.24, 2.45) is 0 Å². The van der Waals surface area contributed by atoms with Gasteiger partial charge in [-0.1, -0.05) is 48.0 Å². The number of halogens is 1. The molecule has 1 heterocycles. The molecule has 0 aliphatic rings. The van der Waals surface area contributed by atoms with Crippen LogP contribution in [0.1, 0.15) is 29.3 Å². The summed E-state index contributed by atoms with van der Waals surface area (Å²) in [5.41, 5.74) is 3.32. The molecule has 0 aliphatic heterocycles. The van der Waals surface area contributed by atoms with Crippen LogP contribution in [0.2, 0.25) is 5.02 Å². The van der Waals surface area contributed by atoms with E-state index in [0.29, 0.717) is 22.8 Å². The quantitative estimate of drug-likeness (QED) is 0.397. The topological polar surface area (TPSA) is 129 Å². The summed E-state index contributed by atoms with van der Waals surface area (Å²) in [7, 11) is -1.26. The van der Waals surface area contributed by atoms with Gasteiger partial charge in [-0.25, -0.2) is 9.19 Å². The average Bonchev–Trinajstić information content (AvgIpc) is 2.79. The van der Waals surface area contributed by atoms with Gasteiger partial charge in [0.15, 0.2) is 0 Å². The minimum atomic E-state index is -1.26. The van der Waals surface area contributed by atoms with Gasteiger partial charge in [0.1, 0.15) is 16.8 Å². The zero-order valence-electron chi connectivity index (χ0n) is 19.4. The van der Waals surface area contributed by atoms with Gasteiger partial charge < -0.3 is 15.5 Å². The van der Waals surface area contributed by atoms with Crippen molar-refractivity contribution >= 4 is 40.3 Å². The van der Waals surface area contributed by atoms with Crippen LogP contribution in [0.5, 0.6) is 0 Å². The van der Waals surface area contributed by atoms with Crippen molar-refractivity contribution in [3.05, 3.63) is 83.0 Å². The number of nitrogens with one attached hydrogen (secondary N) is 2. The molecule has 4 N–H and O–H groups in total. The summed E-state index contributed by atoms with van der Waals surface area (Å²) in [6, 6.07) is 18.2. The lowest BCUT2D eigenvalue weighted by molar-refractivity contribution is -0.143. The van der Waals surface area contributed by atoms with Gasteiger partial charge in [-0.3, -0.25) is 14.3 Å². The Bertz CT molecular complexity index is 1160. The number of benzene rings is 2. The highest BCUT2D eigenvalue weighted by Crippen LogP contribution is 2.23. The third kappa shape index (κ3) is 8.79. The number of hydrogen-bond donors (Lipinski definition) is 2. The van der Waals surface area contributed by atoms with Crippen LogP contribution in [0.4, 0.5) is 5.82 Å². The molecule has 1 aromatic heterocycles. The fourth-order valence-electron chi connectivity index (χ4n) is 3.39. The molecular formula is C25H28ClN3O5S. The number of hydrogen-bond acceptors (Lipinski definition) is 5. The lowest BCUT2D eigenvalue weighted by Gasteiger charge is -2.18. The van der Waals surface area contributed by atoms with E-state index in [1.807, 2.05) is 48.5 Å². The Labute approximate surface area is 212 Å². The smallest absolute Gasteiger partial charge is 0.307 e. The second-order valence-electron chi connectivity index (χ2n) is 7.58. The van der Waals surface area contributed by atoms with Crippen LogP contribution in [0.25, 0.3) is 11.1 Å².